The Balaban J connectivity index is 2.22. The number of aliphatic hydroxyl groups excluding tert-OH is 1. The average Bonchev–Trinajstić information content (AvgIpc) is 2.26. The Morgan fingerprint density at radius 2 is 2.25 bits per heavy atom. The summed E-state index contributed by atoms with van der Waals surface area (Å²) in [5.74, 6) is 0.557. The summed E-state index contributed by atoms with van der Waals surface area (Å²) in [5, 5.41) is 9.81. The number of hydrogen-bond acceptors (Lipinski definition) is 4. The summed E-state index contributed by atoms with van der Waals surface area (Å²) in [4.78, 5) is 19.0. The van der Waals surface area contributed by atoms with Crippen LogP contribution < -0.4 is 5.56 Å². The first kappa shape index (κ1) is 11.7. The van der Waals surface area contributed by atoms with Gasteiger partial charge in [-0.25, -0.2) is 4.98 Å². The van der Waals surface area contributed by atoms with Crippen LogP contribution in [0.5, 0.6) is 0 Å². The molecule has 0 saturated carbocycles. The van der Waals surface area contributed by atoms with Crippen LogP contribution in [0.2, 0.25) is 0 Å². The minimum Gasteiger partial charge on any atom is -0.393 e. The minimum atomic E-state index is -0.383. The van der Waals surface area contributed by atoms with Gasteiger partial charge in [0.05, 0.1) is 11.8 Å². The topological polar surface area (TPSA) is 66.0 Å². The molecular weight excluding hydrogens is 224 g/mol. The van der Waals surface area contributed by atoms with E-state index < -0.39 is 0 Å². The molecule has 0 saturated heterocycles. The Bertz CT molecular complexity index is 428. The average molecular weight is 240 g/mol. The van der Waals surface area contributed by atoms with Gasteiger partial charge in [0.2, 0.25) is 0 Å². The molecule has 88 valence electrons. The van der Waals surface area contributed by atoms with Gasteiger partial charge >= 0.3 is 0 Å². The molecule has 0 spiro atoms. The number of nitrogens with zero attached hydrogens (tertiary/aromatic N) is 1. The van der Waals surface area contributed by atoms with Gasteiger partial charge in [-0.1, -0.05) is 11.8 Å². The zero-order valence-electron chi connectivity index (χ0n) is 9.32. The van der Waals surface area contributed by atoms with Crippen molar-refractivity contribution in [3.8, 4) is 0 Å². The van der Waals surface area contributed by atoms with Crippen molar-refractivity contribution in [3.05, 3.63) is 21.6 Å². The van der Waals surface area contributed by atoms with Crippen molar-refractivity contribution >= 4 is 11.8 Å². The molecular formula is C11H16N2O2S. The largest absolute Gasteiger partial charge is 0.393 e. The lowest BCUT2D eigenvalue weighted by atomic mass is 9.97. The zero-order chi connectivity index (χ0) is 11.5. The lowest BCUT2D eigenvalue weighted by Crippen LogP contribution is -2.21. The second-order valence-electron chi connectivity index (χ2n) is 4.16. The molecule has 2 rings (SSSR count). The quantitative estimate of drug-likeness (QED) is 0.614. The molecule has 1 aromatic rings. The highest BCUT2D eigenvalue weighted by molar-refractivity contribution is 7.99. The maximum atomic E-state index is 11.8. The minimum absolute atomic E-state index is 0.00204. The lowest BCUT2D eigenvalue weighted by molar-refractivity contribution is 0.220. The summed E-state index contributed by atoms with van der Waals surface area (Å²) in [7, 11) is 0. The molecule has 1 unspecified atom stereocenters. The maximum Gasteiger partial charge on any atom is 0.254 e. The van der Waals surface area contributed by atoms with Crippen molar-refractivity contribution in [3.63, 3.8) is 0 Å². The summed E-state index contributed by atoms with van der Waals surface area (Å²) in [6.07, 6.45) is 3.56. The molecule has 0 radical (unpaired) electrons. The van der Waals surface area contributed by atoms with Crippen LogP contribution in [0, 0.1) is 0 Å². The van der Waals surface area contributed by atoms with Gasteiger partial charge < -0.3 is 10.1 Å². The van der Waals surface area contributed by atoms with E-state index in [0.717, 1.165) is 36.9 Å². The molecule has 0 aromatic carbocycles. The number of rotatable bonds is 3. The molecule has 1 heterocycles. The molecule has 1 aromatic heterocycles. The Labute approximate surface area is 98.5 Å². The van der Waals surface area contributed by atoms with Crippen LogP contribution in [-0.4, -0.2) is 26.9 Å². The van der Waals surface area contributed by atoms with Crippen LogP contribution >= 0.6 is 11.8 Å². The molecule has 1 atom stereocenters. The first-order chi connectivity index (χ1) is 7.66. The Morgan fingerprint density at radius 3 is 3.00 bits per heavy atom. The van der Waals surface area contributed by atoms with E-state index in [-0.39, 0.29) is 11.7 Å². The second kappa shape index (κ2) is 5.01. The van der Waals surface area contributed by atoms with Crippen LogP contribution in [0.15, 0.2) is 9.95 Å². The van der Waals surface area contributed by atoms with E-state index in [1.54, 1.807) is 6.92 Å². The van der Waals surface area contributed by atoms with Crippen LogP contribution in [0.4, 0.5) is 0 Å². The maximum absolute atomic E-state index is 11.8. The molecule has 0 fully saturated rings. The first-order valence-electron chi connectivity index (χ1n) is 5.60. The number of aromatic amines is 1. The molecule has 4 nitrogen and oxygen atoms in total. The van der Waals surface area contributed by atoms with Crippen molar-refractivity contribution in [2.45, 2.75) is 43.9 Å². The Kier molecular flexibility index (Phi) is 3.66. The summed E-state index contributed by atoms with van der Waals surface area (Å²) >= 11 is 1.40. The lowest BCUT2D eigenvalue weighted by Gasteiger charge is -2.14. The van der Waals surface area contributed by atoms with Gasteiger partial charge in [0.25, 0.3) is 5.56 Å². The number of aryl methyl sites for hydroxylation is 1. The third-order valence-electron chi connectivity index (χ3n) is 2.63. The highest BCUT2D eigenvalue weighted by Crippen LogP contribution is 2.19. The van der Waals surface area contributed by atoms with Gasteiger partial charge in [0.15, 0.2) is 5.16 Å². The number of aliphatic hydroxyl groups is 1. The predicted molar refractivity (Wildman–Crippen MR) is 63.9 cm³/mol. The van der Waals surface area contributed by atoms with Crippen LogP contribution in [0.1, 0.15) is 31.0 Å². The smallest absolute Gasteiger partial charge is 0.254 e. The monoisotopic (exact) mass is 240 g/mol. The van der Waals surface area contributed by atoms with E-state index in [0.29, 0.717) is 10.9 Å². The van der Waals surface area contributed by atoms with E-state index in [9.17, 15) is 9.90 Å². The van der Waals surface area contributed by atoms with E-state index in [1.165, 1.54) is 11.8 Å². The van der Waals surface area contributed by atoms with Crippen molar-refractivity contribution < 1.29 is 5.11 Å². The Hall–Kier alpha value is -0.810. The van der Waals surface area contributed by atoms with Crippen molar-refractivity contribution in [1.82, 2.24) is 9.97 Å². The zero-order valence-corrected chi connectivity index (χ0v) is 10.1. The van der Waals surface area contributed by atoms with Gasteiger partial charge in [-0.05, 0) is 32.6 Å². The molecule has 16 heavy (non-hydrogen) atoms. The van der Waals surface area contributed by atoms with Crippen LogP contribution in [0.25, 0.3) is 0 Å². The third kappa shape index (κ3) is 2.65. The fraction of sp³-hybridized carbons (Fsp3) is 0.636. The van der Waals surface area contributed by atoms with Gasteiger partial charge in [-0.2, -0.15) is 0 Å². The molecule has 1 aliphatic rings. The van der Waals surface area contributed by atoms with Crippen molar-refractivity contribution in [1.29, 1.82) is 0 Å². The first-order valence-corrected chi connectivity index (χ1v) is 6.58. The number of H-pyrrole nitrogens is 1. The second-order valence-corrected chi connectivity index (χ2v) is 5.17. The van der Waals surface area contributed by atoms with E-state index in [1.807, 2.05) is 0 Å². The number of nitrogens with one attached hydrogen (secondary N) is 1. The van der Waals surface area contributed by atoms with Gasteiger partial charge in [0.1, 0.15) is 0 Å². The molecule has 0 aliphatic heterocycles. The third-order valence-corrected chi connectivity index (χ3v) is 3.75. The number of hydrogen-bond donors (Lipinski definition) is 2. The normalized spacial score (nSPS) is 16.9. The molecule has 2 N–H and O–H groups in total. The van der Waals surface area contributed by atoms with Crippen LogP contribution in [0.3, 0.4) is 0 Å². The molecule has 5 heteroatoms. The fourth-order valence-electron chi connectivity index (χ4n) is 1.85. The van der Waals surface area contributed by atoms with Crippen molar-refractivity contribution in [2.75, 3.05) is 5.75 Å². The summed E-state index contributed by atoms with van der Waals surface area (Å²) < 4.78 is 0. The summed E-state index contributed by atoms with van der Waals surface area (Å²) in [6, 6.07) is 0. The van der Waals surface area contributed by atoms with Gasteiger partial charge in [-0.15, -0.1) is 0 Å². The molecule has 0 amide bonds. The standard InChI is InChI=1S/C11H16N2O2S/c1-7(14)6-16-11-12-9-5-3-2-4-8(9)10(15)13-11/h7,14H,2-6H2,1H3,(H,12,13,15). The van der Waals surface area contributed by atoms with Crippen molar-refractivity contribution in [2.24, 2.45) is 0 Å². The number of aromatic nitrogens is 2. The van der Waals surface area contributed by atoms with Gasteiger partial charge in [0, 0.05) is 11.3 Å². The molecule has 0 bridgehead atoms. The highest BCUT2D eigenvalue weighted by Gasteiger charge is 2.15. The fourth-order valence-corrected chi connectivity index (χ4v) is 2.59. The number of fused-ring (bicyclic) bond motifs is 1. The molecule has 1 aliphatic carbocycles. The van der Waals surface area contributed by atoms with E-state index >= 15 is 0 Å². The van der Waals surface area contributed by atoms with E-state index in [2.05, 4.69) is 9.97 Å². The van der Waals surface area contributed by atoms with Crippen LogP contribution in [-0.2, 0) is 12.8 Å². The predicted octanol–water partition coefficient (Wildman–Crippen LogP) is 1.12. The van der Waals surface area contributed by atoms with E-state index in [4.69, 9.17) is 0 Å². The number of thioether (sulfide) groups is 1. The highest BCUT2D eigenvalue weighted by atomic mass is 32.2. The van der Waals surface area contributed by atoms with Gasteiger partial charge in [-0.3, -0.25) is 4.79 Å². The SMILES string of the molecule is CC(O)CSc1nc2c(c(=O)[nH]1)CCCC2. The summed E-state index contributed by atoms with van der Waals surface area (Å²) in [6.45, 7) is 1.73. The summed E-state index contributed by atoms with van der Waals surface area (Å²) in [5.41, 5.74) is 1.80. The Morgan fingerprint density at radius 1 is 1.50 bits per heavy atom.